The number of aliphatic hydroxyl groups excluding tert-OH is 1. The van der Waals surface area contributed by atoms with Crippen molar-refractivity contribution >= 4 is 5.91 Å². The van der Waals surface area contributed by atoms with Crippen molar-refractivity contribution in [1.82, 2.24) is 5.32 Å². The Morgan fingerprint density at radius 3 is 2.70 bits per heavy atom. The number of nitrogens with one attached hydrogen (secondary N) is 1. The van der Waals surface area contributed by atoms with E-state index in [1.807, 2.05) is 0 Å². The summed E-state index contributed by atoms with van der Waals surface area (Å²) in [5, 5.41) is 11.3. The summed E-state index contributed by atoms with van der Waals surface area (Å²) in [5.41, 5.74) is 0. The second kappa shape index (κ2) is 3.01. The molecule has 2 N–H and O–H groups in total. The van der Waals surface area contributed by atoms with Crippen LogP contribution in [0.25, 0.3) is 0 Å². The highest BCUT2D eigenvalue weighted by atomic mass is 16.3. The van der Waals surface area contributed by atoms with Crippen LogP contribution >= 0.6 is 0 Å². The van der Waals surface area contributed by atoms with Gasteiger partial charge < -0.3 is 10.4 Å². The number of amides is 1. The first-order chi connectivity index (χ1) is 4.79. The molecule has 1 aliphatic carbocycles. The molecule has 1 rings (SSSR count). The van der Waals surface area contributed by atoms with Crippen LogP contribution in [0.3, 0.4) is 0 Å². The van der Waals surface area contributed by atoms with Gasteiger partial charge in [0.05, 0.1) is 12.5 Å². The van der Waals surface area contributed by atoms with Crippen molar-refractivity contribution in [3.8, 4) is 0 Å². The number of hydrogen-bond acceptors (Lipinski definition) is 2. The van der Waals surface area contributed by atoms with Gasteiger partial charge in [0.2, 0.25) is 5.91 Å². The van der Waals surface area contributed by atoms with E-state index in [1.165, 1.54) is 0 Å². The molecular weight excluding hydrogens is 130 g/mol. The fourth-order valence-electron chi connectivity index (χ4n) is 1.13. The summed E-state index contributed by atoms with van der Waals surface area (Å²) in [5.74, 6) is 0.278. The fourth-order valence-corrected chi connectivity index (χ4v) is 1.13. The maximum atomic E-state index is 11.0. The van der Waals surface area contributed by atoms with Gasteiger partial charge in [0, 0.05) is 7.05 Å². The Morgan fingerprint density at radius 1 is 1.80 bits per heavy atom. The highest BCUT2D eigenvalue weighted by molar-refractivity contribution is 5.79. The first-order valence-corrected chi connectivity index (χ1v) is 3.62. The van der Waals surface area contributed by atoms with E-state index in [0.717, 1.165) is 12.8 Å². The van der Waals surface area contributed by atoms with Crippen molar-refractivity contribution < 1.29 is 9.90 Å². The van der Waals surface area contributed by atoms with Crippen LogP contribution < -0.4 is 5.32 Å². The normalized spacial score (nSPS) is 20.2. The van der Waals surface area contributed by atoms with Crippen LogP contribution in [0, 0.1) is 11.8 Å². The minimum atomic E-state index is -0.148. The van der Waals surface area contributed by atoms with E-state index in [9.17, 15) is 4.79 Å². The van der Waals surface area contributed by atoms with Gasteiger partial charge in [-0.2, -0.15) is 0 Å². The van der Waals surface area contributed by atoms with Gasteiger partial charge >= 0.3 is 0 Å². The van der Waals surface area contributed by atoms with Gasteiger partial charge in [-0.1, -0.05) is 0 Å². The Hall–Kier alpha value is -0.570. The summed E-state index contributed by atoms with van der Waals surface area (Å²) in [6.07, 6.45) is 2.19. The summed E-state index contributed by atoms with van der Waals surface area (Å²) >= 11 is 0. The predicted octanol–water partition coefficient (Wildman–Crippen LogP) is -0.249. The quantitative estimate of drug-likeness (QED) is 0.572. The van der Waals surface area contributed by atoms with Crippen molar-refractivity contribution in [3.05, 3.63) is 0 Å². The molecule has 10 heavy (non-hydrogen) atoms. The molecule has 0 aromatic heterocycles. The summed E-state index contributed by atoms with van der Waals surface area (Å²) in [4.78, 5) is 11.0. The largest absolute Gasteiger partial charge is 0.396 e. The van der Waals surface area contributed by atoms with E-state index >= 15 is 0 Å². The van der Waals surface area contributed by atoms with Gasteiger partial charge in [-0.05, 0) is 18.8 Å². The van der Waals surface area contributed by atoms with Crippen molar-refractivity contribution in [1.29, 1.82) is 0 Å². The zero-order valence-corrected chi connectivity index (χ0v) is 6.13. The Bertz CT molecular complexity index is 132. The summed E-state index contributed by atoms with van der Waals surface area (Å²) in [6, 6.07) is 0. The molecule has 1 aliphatic rings. The minimum Gasteiger partial charge on any atom is -0.396 e. The zero-order chi connectivity index (χ0) is 7.56. The molecule has 0 saturated heterocycles. The van der Waals surface area contributed by atoms with Crippen LogP contribution in [0.4, 0.5) is 0 Å². The van der Waals surface area contributed by atoms with Crippen LogP contribution in [-0.4, -0.2) is 24.7 Å². The summed E-state index contributed by atoms with van der Waals surface area (Å²) in [6.45, 7) is -0.00958. The zero-order valence-electron chi connectivity index (χ0n) is 6.13. The molecule has 1 saturated carbocycles. The second-order valence-electron chi connectivity index (χ2n) is 2.74. The molecule has 0 bridgehead atoms. The van der Waals surface area contributed by atoms with Crippen molar-refractivity contribution in [2.45, 2.75) is 12.8 Å². The standard InChI is InChI=1S/C7H13NO2/c1-8-7(10)6(4-9)5-2-3-5/h5-6,9H,2-4H2,1H3,(H,8,10). The Balaban J connectivity index is 2.38. The molecule has 1 atom stereocenters. The molecule has 1 fully saturated rings. The molecule has 1 amide bonds. The van der Waals surface area contributed by atoms with Crippen LogP contribution in [0.1, 0.15) is 12.8 Å². The van der Waals surface area contributed by atoms with Gasteiger partial charge in [0.25, 0.3) is 0 Å². The second-order valence-corrected chi connectivity index (χ2v) is 2.74. The van der Waals surface area contributed by atoms with E-state index in [2.05, 4.69) is 5.32 Å². The highest BCUT2D eigenvalue weighted by Gasteiger charge is 2.34. The molecule has 0 spiro atoms. The Morgan fingerprint density at radius 2 is 2.40 bits per heavy atom. The third-order valence-electron chi connectivity index (χ3n) is 1.97. The molecule has 58 valence electrons. The van der Waals surface area contributed by atoms with E-state index in [4.69, 9.17) is 5.11 Å². The first-order valence-electron chi connectivity index (χ1n) is 3.62. The highest BCUT2D eigenvalue weighted by Crippen LogP contribution is 2.36. The lowest BCUT2D eigenvalue weighted by atomic mass is 10.0. The third-order valence-corrected chi connectivity index (χ3v) is 1.97. The molecule has 1 unspecified atom stereocenters. The Labute approximate surface area is 60.4 Å². The van der Waals surface area contributed by atoms with E-state index in [1.54, 1.807) is 7.05 Å². The molecule has 3 heteroatoms. The van der Waals surface area contributed by atoms with Crippen LogP contribution in [0.2, 0.25) is 0 Å². The monoisotopic (exact) mass is 143 g/mol. The van der Waals surface area contributed by atoms with Crippen molar-refractivity contribution in [2.24, 2.45) is 11.8 Å². The molecule has 0 aromatic carbocycles. The maximum Gasteiger partial charge on any atom is 0.225 e. The summed E-state index contributed by atoms with van der Waals surface area (Å²) in [7, 11) is 1.60. The average Bonchev–Trinajstić information content (AvgIpc) is 2.73. The third kappa shape index (κ3) is 1.48. The van der Waals surface area contributed by atoms with E-state index < -0.39 is 0 Å². The van der Waals surface area contributed by atoms with Crippen LogP contribution in [0.5, 0.6) is 0 Å². The predicted molar refractivity (Wildman–Crippen MR) is 37.4 cm³/mol. The smallest absolute Gasteiger partial charge is 0.225 e. The van der Waals surface area contributed by atoms with Crippen LogP contribution in [0.15, 0.2) is 0 Å². The lowest BCUT2D eigenvalue weighted by Gasteiger charge is -2.09. The summed E-state index contributed by atoms with van der Waals surface area (Å²) < 4.78 is 0. The van der Waals surface area contributed by atoms with Gasteiger partial charge in [-0.25, -0.2) is 0 Å². The van der Waals surface area contributed by atoms with Gasteiger partial charge in [-0.3, -0.25) is 4.79 Å². The van der Waals surface area contributed by atoms with Crippen LogP contribution in [-0.2, 0) is 4.79 Å². The van der Waals surface area contributed by atoms with Crippen molar-refractivity contribution in [3.63, 3.8) is 0 Å². The lowest BCUT2D eigenvalue weighted by molar-refractivity contribution is -0.126. The fraction of sp³-hybridized carbons (Fsp3) is 0.857. The van der Waals surface area contributed by atoms with Gasteiger partial charge in [0.15, 0.2) is 0 Å². The molecule has 0 aliphatic heterocycles. The average molecular weight is 143 g/mol. The molecule has 0 heterocycles. The maximum absolute atomic E-state index is 11.0. The molecule has 0 aromatic rings. The van der Waals surface area contributed by atoms with E-state index in [-0.39, 0.29) is 18.4 Å². The number of aliphatic hydroxyl groups is 1. The number of carbonyl (C=O) groups is 1. The van der Waals surface area contributed by atoms with Gasteiger partial charge in [-0.15, -0.1) is 0 Å². The SMILES string of the molecule is CNC(=O)C(CO)C1CC1. The first kappa shape index (κ1) is 7.54. The topological polar surface area (TPSA) is 49.3 Å². The Kier molecular flexibility index (Phi) is 2.27. The molecule has 0 radical (unpaired) electrons. The minimum absolute atomic E-state index is 0.00958. The van der Waals surface area contributed by atoms with Crippen molar-refractivity contribution in [2.75, 3.05) is 13.7 Å². The molecule has 3 nitrogen and oxygen atoms in total. The number of carbonyl (C=O) groups excluding carboxylic acids is 1. The number of hydrogen-bond donors (Lipinski definition) is 2. The number of rotatable bonds is 3. The van der Waals surface area contributed by atoms with E-state index in [0.29, 0.717) is 5.92 Å². The molecular formula is C7H13NO2. The van der Waals surface area contributed by atoms with Gasteiger partial charge in [0.1, 0.15) is 0 Å². The lowest BCUT2D eigenvalue weighted by Crippen LogP contribution is -2.31.